The summed E-state index contributed by atoms with van der Waals surface area (Å²) in [5.74, 6) is 2.85. The third-order valence-corrected chi connectivity index (χ3v) is 2.64. The number of benzene rings is 1. The van der Waals surface area contributed by atoms with Crippen molar-refractivity contribution in [3.8, 4) is 18.1 Å². The lowest BCUT2D eigenvalue weighted by Gasteiger charge is -2.19. The number of methoxy groups -OCH3 is 1. The van der Waals surface area contributed by atoms with Crippen molar-refractivity contribution < 1.29 is 9.53 Å². The summed E-state index contributed by atoms with van der Waals surface area (Å²) in [4.78, 5) is 11.7. The molecule has 1 unspecified atom stereocenters. The van der Waals surface area contributed by atoms with Crippen molar-refractivity contribution in [2.24, 2.45) is 5.73 Å². The molecule has 18 heavy (non-hydrogen) atoms. The van der Waals surface area contributed by atoms with Crippen LogP contribution in [-0.2, 0) is 4.79 Å². The minimum atomic E-state index is -0.674. The topological polar surface area (TPSA) is 64.4 Å². The average molecular weight is 246 g/mol. The van der Waals surface area contributed by atoms with E-state index in [2.05, 4.69) is 11.2 Å². The minimum Gasteiger partial charge on any atom is -0.496 e. The number of hydrogen-bond acceptors (Lipinski definition) is 3. The zero-order valence-electron chi connectivity index (χ0n) is 10.6. The highest BCUT2D eigenvalue weighted by Crippen LogP contribution is 2.24. The molecule has 1 aromatic carbocycles. The van der Waals surface area contributed by atoms with Gasteiger partial charge in [0.25, 0.3) is 0 Å². The first-order chi connectivity index (χ1) is 8.60. The van der Waals surface area contributed by atoms with Crippen LogP contribution in [0.3, 0.4) is 0 Å². The lowest BCUT2D eigenvalue weighted by atomic mass is 10.1. The average Bonchev–Trinajstić information content (AvgIpc) is 2.38. The molecule has 0 aliphatic heterocycles. The third kappa shape index (κ3) is 3.51. The van der Waals surface area contributed by atoms with Gasteiger partial charge in [0.05, 0.1) is 19.2 Å². The molecule has 96 valence electrons. The molecular weight excluding hydrogens is 228 g/mol. The summed E-state index contributed by atoms with van der Waals surface area (Å²) in [6.07, 6.45) is 5.35. The van der Waals surface area contributed by atoms with E-state index in [-0.39, 0.29) is 18.4 Å². The van der Waals surface area contributed by atoms with Crippen molar-refractivity contribution >= 4 is 5.91 Å². The summed E-state index contributed by atoms with van der Waals surface area (Å²) < 4.78 is 5.24. The normalized spacial score (nSPS) is 13.2. The molecule has 0 spiro atoms. The maximum Gasteiger partial charge on any atom is 0.238 e. The van der Waals surface area contributed by atoms with Crippen molar-refractivity contribution in [1.82, 2.24) is 5.32 Å². The number of ether oxygens (including phenoxy) is 1. The summed E-state index contributed by atoms with van der Waals surface area (Å²) in [6, 6.07) is 6.66. The van der Waals surface area contributed by atoms with Crippen LogP contribution in [0, 0.1) is 12.3 Å². The zero-order valence-corrected chi connectivity index (χ0v) is 10.6. The molecule has 0 saturated heterocycles. The predicted molar refractivity (Wildman–Crippen MR) is 71.0 cm³/mol. The molecular formula is C14H18N2O2. The van der Waals surface area contributed by atoms with Gasteiger partial charge in [0.15, 0.2) is 0 Å². The lowest BCUT2D eigenvalue weighted by Crippen LogP contribution is -2.41. The van der Waals surface area contributed by atoms with Gasteiger partial charge in [-0.3, -0.25) is 4.79 Å². The van der Waals surface area contributed by atoms with Gasteiger partial charge in [-0.05, 0) is 13.0 Å². The number of hydrogen-bond donors (Lipinski definition) is 2. The van der Waals surface area contributed by atoms with Gasteiger partial charge in [-0.2, -0.15) is 0 Å². The first kappa shape index (κ1) is 14.1. The van der Waals surface area contributed by atoms with Crippen LogP contribution in [0.15, 0.2) is 24.3 Å². The number of rotatable bonds is 5. The van der Waals surface area contributed by atoms with E-state index < -0.39 is 6.04 Å². The fraction of sp³-hybridized carbons (Fsp3) is 0.357. The van der Waals surface area contributed by atoms with Gasteiger partial charge in [-0.1, -0.05) is 18.2 Å². The minimum absolute atomic E-state index is 0.183. The molecule has 0 bridgehead atoms. The van der Waals surface area contributed by atoms with E-state index in [0.29, 0.717) is 0 Å². The highest BCUT2D eigenvalue weighted by Gasteiger charge is 2.17. The van der Waals surface area contributed by atoms with Crippen LogP contribution in [-0.4, -0.2) is 19.1 Å². The van der Waals surface area contributed by atoms with Gasteiger partial charge in [-0.15, -0.1) is 12.3 Å². The second-order valence-corrected chi connectivity index (χ2v) is 3.99. The predicted octanol–water partition coefficient (Wildman–Crippen LogP) is 1.22. The van der Waals surface area contributed by atoms with Crippen molar-refractivity contribution in [1.29, 1.82) is 0 Å². The van der Waals surface area contributed by atoms with Gasteiger partial charge in [-0.25, -0.2) is 0 Å². The molecule has 0 aliphatic carbocycles. The lowest BCUT2D eigenvalue weighted by molar-refractivity contribution is -0.122. The maximum atomic E-state index is 11.7. The van der Waals surface area contributed by atoms with E-state index in [4.69, 9.17) is 16.9 Å². The maximum absolute atomic E-state index is 11.7. The first-order valence-electron chi connectivity index (χ1n) is 5.72. The number of amides is 1. The summed E-state index contributed by atoms with van der Waals surface area (Å²) in [7, 11) is 1.59. The van der Waals surface area contributed by atoms with Crippen LogP contribution < -0.4 is 15.8 Å². The van der Waals surface area contributed by atoms with Crippen LogP contribution in [0.1, 0.15) is 24.9 Å². The molecule has 4 heteroatoms. The van der Waals surface area contributed by atoms with E-state index >= 15 is 0 Å². The summed E-state index contributed by atoms with van der Waals surface area (Å²) in [6.45, 7) is 1.87. The van der Waals surface area contributed by atoms with Crippen molar-refractivity contribution in [2.75, 3.05) is 7.11 Å². The van der Waals surface area contributed by atoms with Crippen molar-refractivity contribution in [2.45, 2.75) is 25.4 Å². The molecule has 0 aliphatic rings. The van der Waals surface area contributed by atoms with Gasteiger partial charge in [0.2, 0.25) is 5.91 Å². The Bertz CT molecular complexity index is 451. The molecule has 0 saturated carbocycles. The monoisotopic (exact) mass is 246 g/mol. The van der Waals surface area contributed by atoms with Crippen molar-refractivity contribution in [3.63, 3.8) is 0 Å². The van der Waals surface area contributed by atoms with E-state index in [1.54, 1.807) is 7.11 Å². The Morgan fingerprint density at radius 1 is 1.56 bits per heavy atom. The quantitative estimate of drug-likeness (QED) is 0.768. The molecule has 4 nitrogen and oxygen atoms in total. The summed E-state index contributed by atoms with van der Waals surface area (Å²) >= 11 is 0. The highest BCUT2D eigenvalue weighted by atomic mass is 16.5. The van der Waals surface area contributed by atoms with Crippen molar-refractivity contribution in [3.05, 3.63) is 29.8 Å². The first-order valence-corrected chi connectivity index (χ1v) is 5.72. The highest BCUT2D eigenvalue weighted by molar-refractivity contribution is 5.82. The Kier molecular flexibility index (Phi) is 5.22. The Morgan fingerprint density at radius 3 is 2.83 bits per heavy atom. The van der Waals surface area contributed by atoms with Gasteiger partial charge in [0.1, 0.15) is 5.75 Å². The number of terminal acetylenes is 1. The van der Waals surface area contributed by atoms with E-state index in [1.807, 2.05) is 31.2 Å². The number of nitrogens with two attached hydrogens (primary N) is 1. The third-order valence-electron chi connectivity index (χ3n) is 2.64. The number of nitrogens with one attached hydrogen (secondary N) is 1. The molecule has 1 aromatic rings. The number of para-hydroxylation sites is 1. The van der Waals surface area contributed by atoms with E-state index in [1.165, 1.54) is 0 Å². The number of carbonyl (C=O) groups excluding carboxylic acids is 1. The Morgan fingerprint density at radius 2 is 2.22 bits per heavy atom. The smallest absolute Gasteiger partial charge is 0.238 e. The fourth-order valence-electron chi connectivity index (χ4n) is 1.64. The molecule has 0 aromatic heterocycles. The fourth-order valence-corrected chi connectivity index (χ4v) is 1.64. The Hall–Kier alpha value is -1.99. The Labute approximate surface area is 108 Å². The zero-order chi connectivity index (χ0) is 13.5. The van der Waals surface area contributed by atoms with Crippen LogP contribution in [0.5, 0.6) is 5.75 Å². The molecule has 1 amide bonds. The molecule has 0 heterocycles. The van der Waals surface area contributed by atoms with Crippen LogP contribution in [0.4, 0.5) is 0 Å². The van der Waals surface area contributed by atoms with Crippen LogP contribution in [0.25, 0.3) is 0 Å². The Balaban J connectivity index is 2.73. The summed E-state index contributed by atoms with van der Waals surface area (Å²) in [5.41, 5.74) is 6.54. The molecule has 0 radical (unpaired) electrons. The van der Waals surface area contributed by atoms with Gasteiger partial charge >= 0.3 is 0 Å². The van der Waals surface area contributed by atoms with Crippen LogP contribution in [0.2, 0.25) is 0 Å². The SMILES string of the molecule is C#CCC(N)C(=O)N[C@@H](C)c1ccccc1OC. The van der Waals surface area contributed by atoms with E-state index in [0.717, 1.165) is 11.3 Å². The molecule has 1 rings (SSSR count). The number of carbonyl (C=O) groups is 1. The van der Waals surface area contributed by atoms with E-state index in [9.17, 15) is 4.79 Å². The standard InChI is InChI=1S/C14H18N2O2/c1-4-7-12(15)14(17)16-10(2)11-8-5-6-9-13(11)18-3/h1,5-6,8-10,12H,7,15H2,2-3H3,(H,16,17)/t10-,12?/m0/s1. The molecule has 2 atom stereocenters. The molecule has 0 fully saturated rings. The van der Waals surface area contributed by atoms with Crippen LogP contribution >= 0.6 is 0 Å². The van der Waals surface area contributed by atoms with Gasteiger partial charge < -0.3 is 15.8 Å². The second-order valence-electron chi connectivity index (χ2n) is 3.99. The van der Waals surface area contributed by atoms with Gasteiger partial charge in [0, 0.05) is 12.0 Å². The second kappa shape index (κ2) is 6.67. The largest absolute Gasteiger partial charge is 0.496 e. The molecule has 3 N–H and O–H groups in total. The summed E-state index contributed by atoms with van der Waals surface area (Å²) in [5, 5.41) is 2.82.